The minimum Gasteiger partial charge on any atom is -0.481 e. The second-order valence-electron chi connectivity index (χ2n) is 6.78. The van der Waals surface area contributed by atoms with Gasteiger partial charge in [-0.1, -0.05) is 30.2 Å². The lowest BCUT2D eigenvalue weighted by Crippen LogP contribution is -2.37. The third-order valence-electron chi connectivity index (χ3n) is 5.38. The first-order valence-corrected chi connectivity index (χ1v) is 9.49. The quantitative estimate of drug-likeness (QED) is 0.884. The lowest BCUT2D eigenvalue weighted by Gasteiger charge is -2.23. The number of aliphatic carboxylic acids is 1. The van der Waals surface area contributed by atoms with E-state index in [1.54, 1.807) is 16.3 Å². The molecular weight excluding hydrogens is 360 g/mol. The first kappa shape index (κ1) is 16.5. The van der Waals surface area contributed by atoms with Gasteiger partial charge in [0.05, 0.1) is 5.41 Å². The van der Waals surface area contributed by atoms with E-state index in [2.05, 4.69) is 4.98 Å². The van der Waals surface area contributed by atoms with Crippen molar-refractivity contribution in [2.24, 2.45) is 11.3 Å². The molecule has 1 N–H and O–H groups in total. The lowest BCUT2D eigenvalue weighted by atomic mass is 9.81. The number of hydrogen-bond acceptors (Lipinski definition) is 4. The van der Waals surface area contributed by atoms with Crippen LogP contribution in [0.25, 0.3) is 10.6 Å². The van der Waals surface area contributed by atoms with Crippen LogP contribution in [-0.2, 0) is 4.79 Å². The molecule has 4 rings (SSSR count). The predicted molar refractivity (Wildman–Crippen MR) is 95.9 cm³/mol. The molecule has 0 unspecified atom stereocenters. The molecule has 130 valence electrons. The van der Waals surface area contributed by atoms with Gasteiger partial charge in [0.25, 0.3) is 5.91 Å². The van der Waals surface area contributed by atoms with Crippen molar-refractivity contribution in [3.63, 3.8) is 0 Å². The van der Waals surface area contributed by atoms with Gasteiger partial charge in [0, 0.05) is 29.1 Å². The molecule has 1 aliphatic carbocycles. The largest absolute Gasteiger partial charge is 0.481 e. The van der Waals surface area contributed by atoms with E-state index in [0.29, 0.717) is 23.7 Å². The molecule has 2 aromatic rings. The van der Waals surface area contributed by atoms with Crippen LogP contribution in [0.15, 0.2) is 29.6 Å². The van der Waals surface area contributed by atoms with Gasteiger partial charge in [0.1, 0.15) is 10.7 Å². The summed E-state index contributed by atoms with van der Waals surface area (Å²) in [5.41, 5.74) is 0.485. The zero-order valence-electron chi connectivity index (χ0n) is 13.4. The van der Waals surface area contributed by atoms with Gasteiger partial charge in [-0.3, -0.25) is 9.59 Å². The van der Waals surface area contributed by atoms with Crippen LogP contribution < -0.4 is 0 Å². The number of carbonyl (C=O) groups is 2. The van der Waals surface area contributed by atoms with Crippen molar-refractivity contribution in [1.82, 2.24) is 9.88 Å². The average Bonchev–Trinajstić information content (AvgIpc) is 3.28. The number of benzene rings is 1. The van der Waals surface area contributed by atoms with E-state index in [1.807, 2.05) is 18.2 Å². The molecule has 1 aromatic carbocycles. The predicted octanol–water partition coefficient (Wildman–Crippen LogP) is 3.79. The SMILES string of the molecule is O=C(c1csc(-c2cccc(Cl)c2)n1)N1C[C@@H]2CCC[C@@]2(C(=O)O)C1. The van der Waals surface area contributed by atoms with E-state index in [-0.39, 0.29) is 18.4 Å². The van der Waals surface area contributed by atoms with Gasteiger partial charge < -0.3 is 10.0 Å². The molecule has 2 fully saturated rings. The van der Waals surface area contributed by atoms with E-state index in [0.717, 1.165) is 23.4 Å². The van der Waals surface area contributed by atoms with Crippen molar-refractivity contribution >= 4 is 34.8 Å². The topological polar surface area (TPSA) is 70.5 Å². The molecule has 2 aliphatic rings. The summed E-state index contributed by atoms with van der Waals surface area (Å²) in [6, 6.07) is 7.35. The first-order valence-electron chi connectivity index (χ1n) is 8.24. The number of carboxylic acid groups (broad SMARTS) is 1. The van der Waals surface area contributed by atoms with Crippen molar-refractivity contribution in [2.45, 2.75) is 19.3 Å². The Kier molecular flexibility index (Phi) is 4.04. The number of aromatic nitrogens is 1. The van der Waals surface area contributed by atoms with Crippen LogP contribution in [0.4, 0.5) is 0 Å². The molecule has 7 heteroatoms. The fraction of sp³-hybridized carbons (Fsp3) is 0.389. The Morgan fingerprint density at radius 2 is 2.24 bits per heavy atom. The number of carboxylic acids is 1. The van der Waals surface area contributed by atoms with E-state index in [1.165, 1.54) is 11.3 Å². The van der Waals surface area contributed by atoms with Crippen LogP contribution in [0, 0.1) is 11.3 Å². The maximum absolute atomic E-state index is 12.8. The first-order chi connectivity index (χ1) is 12.0. The van der Waals surface area contributed by atoms with Gasteiger partial charge in [-0.15, -0.1) is 11.3 Å². The summed E-state index contributed by atoms with van der Waals surface area (Å²) >= 11 is 7.40. The van der Waals surface area contributed by atoms with Gasteiger partial charge in [0.15, 0.2) is 0 Å². The fourth-order valence-electron chi connectivity index (χ4n) is 4.08. The third kappa shape index (κ3) is 2.73. The standard InChI is InChI=1S/C18H17ClN2O3S/c19-13-5-1-3-11(7-13)15-20-14(9-25-15)16(22)21-8-12-4-2-6-18(12,10-21)17(23)24/h1,3,5,7,9,12H,2,4,6,8,10H2,(H,23,24)/t12-,18+/m0/s1. The van der Waals surface area contributed by atoms with Crippen molar-refractivity contribution in [3.05, 3.63) is 40.4 Å². The third-order valence-corrected chi connectivity index (χ3v) is 6.51. The number of nitrogens with zero attached hydrogens (tertiary/aromatic N) is 2. The van der Waals surface area contributed by atoms with Crippen LogP contribution >= 0.6 is 22.9 Å². The Balaban J connectivity index is 1.56. The summed E-state index contributed by atoms with van der Waals surface area (Å²) < 4.78 is 0. The molecule has 1 saturated carbocycles. The van der Waals surface area contributed by atoms with Gasteiger partial charge >= 0.3 is 5.97 Å². The number of rotatable bonds is 3. The Bertz CT molecular complexity index is 852. The zero-order chi connectivity index (χ0) is 17.6. The normalized spacial score (nSPS) is 25.2. The van der Waals surface area contributed by atoms with E-state index >= 15 is 0 Å². The maximum atomic E-state index is 12.8. The molecule has 1 saturated heterocycles. The molecule has 0 bridgehead atoms. The smallest absolute Gasteiger partial charge is 0.311 e. The van der Waals surface area contributed by atoms with Crippen LogP contribution in [0.5, 0.6) is 0 Å². The molecule has 0 spiro atoms. The number of thiazole rings is 1. The summed E-state index contributed by atoms with van der Waals surface area (Å²) in [5, 5.41) is 12.8. The number of halogens is 1. The van der Waals surface area contributed by atoms with Gasteiger partial charge in [-0.05, 0) is 30.9 Å². The van der Waals surface area contributed by atoms with E-state index in [9.17, 15) is 14.7 Å². The highest BCUT2D eigenvalue weighted by atomic mass is 35.5. The summed E-state index contributed by atoms with van der Waals surface area (Å²) in [6.07, 6.45) is 2.46. The van der Waals surface area contributed by atoms with Gasteiger partial charge in [-0.25, -0.2) is 4.98 Å². The van der Waals surface area contributed by atoms with Crippen LogP contribution in [0.2, 0.25) is 5.02 Å². The summed E-state index contributed by atoms with van der Waals surface area (Å²) in [5.74, 6) is -0.900. The molecular formula is C18H17ClN2O3S. The minimum absolute atomic E-state index is 0.0555. The summed E-state index contributed by atoms with van der Waals surface area (Å²) in [7, 11) is 0. The molecule has 5 nitrogen and oxygen atoms in total. The number of hydrogen-bond donors (Lipinski definition) is 1. The Labute approximate surface area is 154 Å². The summed E-state index contributed by atoms with van der Waals surface area (Å²) in [6.45, 7) is 0.797. The van der Waals surface area contributed by atoms with Gasteiger partial charge in [-0.2, -0.15) is 0 Å². The highest BCUT2D eigenvalue weighted by Gasteiger charge is 2.55. The molecule has 1 aromatic heterocycles. The van der Waals surface area contributed by atoms with Crippen LogP contribution in [-0.4, -0.2) is 40.0 Å². The maximum Gasteiger partial charge on any atom is 0.311 e. The van der Waals surface area contributed by atoms with E-state index in [4.69, 9.17) is 11.6 Å². The number of amides is 1. The van der Waals surface area contributed by atoms with E-state index < -0.39 is 11.4 Å². The Hall–Kier alpha value is -1.92. The van der Waals surface area contributed by atoms with Crippen molar-refractivity contribution < 1.29 is 14.7 Å². The van der Waals surface area contributed by atoms with Crippen molar-refractivity contribution in [1.29, 1.82) is 0 Å². The average molecular weight is 377 g/mol. The highest BCUT2D eigenvalue weighted by molar-refractivity contribution is 7.13. The lowest BCUT2D eigenvalue weighted by molar-refractivity contribution is -0.149. The number of fused-ring (bicyclic) bond motifs is 1. The second-order valence-corrected chi connectivity index (χ2v) is 8.08. The number of likely N-dealkylation sites (tertiary alicyclic amines) is 1. The van der Waals surface area contributed by atoms with Crippen molar-refractivity contribution in [3.8, 4) is 10.6 Å². The Morgan fingerprint density at radius 3 is 2.96 bits per heavy atom. The summed E-state index contributed by atoms with van der Waals surface area (Å²) in [4.78, 5) is 30.7. The van der Waals surface area contributed by atoms with Gasteiger partial charge in [0.2, 0.25) is 0 Å². The molecule has 0 radical (unpaired) electrons. The second kappa shape index (κ2) is 6.11. The van der Waals surface area contributed by atoms with Crippen molar-refractivity contribution in [2.75, 3.05) is 13.1 Å². The molecule has 1 amide bonds. The molecule has 2 atom stereocenters. The molecule has 2 heterocycles. The highest BCUT2D eigenvalue weighted by Crippen LogP contribution is 2.49. The minimum atomic E-state index is -0.775. The number of carbonyl (C=O) groups excluding carboxylic acids is 1. The molecule has 25 heavy (non-hydrogen) atoms. The fourth-order valence-corrected chi connectivity index (χ4v) is 5.06. The monoisotopic (exact) mass is 376 g/mol. The zero-order valence-corrected chi connectivity index (χ0v) is 15.0. The van der Waals surface area contributed by atoms with Crippen LogP contribution in [0.1, 0.15) is 29.8 Å². The van der Waals surface area contributed by atoms with Crippen LogP contribution in [0.3, 0.4) is 0 Å². The Morgan fingerprint density at radius 1 is 1.40 bits per heavy atom. The molecule has 1 aliphatic heterocycles.